The molecule has 0 aliphatic carbocycles. The minimum atomic E-state index is 1.10. The quantitative estimate of drug-likeness (QED) is 0.658. The van der Waals surface area contributed by atoms with Crippen LogP contribution >= 0.6 is 0 Å². The van der Waals surface area contributed by atoms with E-state index >= 15 is 0 Å². The van der Waals surface area contributed by atoms with Gasteiger partial charge in [0.15, 0.2) is 0 Å². The van der Waals surface area contributed by atoms with Crippen molar-refractivity contribution in [1.29, 1.82) is 0 Å². The first-order valence-corrected chi connectivity index (χ1v) is 5.75. The second-order valence-electron chi connectivity index (χ2n) is 3.63. The van der Waals surface area contributed by atoms with Gasteiger partial charge in [0.1, 0.15) is 0 Å². The smallest absolute Gasteiger partial charge is 0.0391 e. The summed E-state index contributed by atoms with van der Waals surface area (Å²) < 4.78 is 0. The van der Waals surface area contributed by atoms with Gasteiger partial charge in [-0.15, -0.1) is 0 Å². The van der Waals surface area contributed by atoms with Crippen molar-refractivity contribution in [3.05, 3.63) is 23.4 Å². The summed E-state index contributed by atoms with van der Waals surface area (Å²) in [6.07, 6.45) is 3.85. The van der Waals surface area contributed by atoms with Crippen molar-refractivity contribution in [2.75, 3.05) is 13.6 Å². The van der Waals surface area contributed by atoms with E-state index in [4.69, 9.17) is 0 Å². The molecule has 1 aliphatic heterocycles. The Morgan fingerprint density at radius 3 is 2.29 bits per heavy atom. The molecule has 0 spiro atoms. The van der Waals surface area contributed by atoms with E-state index in [2.05, 4.69) is 32.4 Å². The molecule has 1 aliphatic rings. The molecule has 0 fully saturated rings. The molecule has 0 saturated heterocycles. The molecular weight excluding hydrogens is 170 g/mol. The molecule has 0 radical (unpaired) electrons. The molecule has 0 unspecified atom stereocenters. The van der Waals surface area contributed by atoms with Gasteiger partial charge in [-0.2, -0.15) is 0 Å². The third-order valence-electron chi connectivity index (χ3n) is 2.68. The Morgan fingerprint density at radius 1 is 1.36 bits per heavy atom. The van der Waals surface area contributed by atoms with Gasteiger partial charge >= 0.3 is 0 Å². The van der Waals surface area contributed by atoms with Gasteiger partial charge in [0, 0.05) is 19.3 Å². The second kappa shape index (κ2) is 6.69. The minimum absolute atomic E-state index is 1.10. The maximum Gasteiger partial charge on any atom is 0.0391 e. The van der Waals surface area contributed by atoms with Crippen molar-refractivity contribution < 1.29 is 0 Å². The summed E-state index contributed by atoms with van der Waals surface area (Å²) >= 11 is 0. The van der Waals surface area contributed by atoms with Crippen molar-refractivity contribution in [2.45, 2.75) is 47.0 Å². The zero-order chi connectivity index (χ0) is 11.1. The van der Waals surface area contributed by atoms with Crippen molar-refractivity contribution in [1.82, 2.24) is 4.90 Å². The molecule has 0 atom stereocenters. The Kier molecular flexibility index (Phi) is 6.35. The standard InChI is InChI=1S/C11H19N.C2H6/c1-5-6-7-11-8-12(4)10(3)9(11)2;1-2/h3,5-8H2,1-2,4H3;1-2H3. The molecule has 1 rings (SSSR count). The molecule has 1 nitrogen and oxygen atoms in total. The second-order valence-corrected chi connectivity index (χ2v) is 3.63. The molecule has 0 aromatic rings. The Bertz CT molecular complexity index is 213. The Morgan fingerprint density at radius 2 is 1.93 bits per heavy atom. The summed E-state index contributed by atoms with van der Waals surface area (Å²) in [5, 5.41) is 0. The van der Waals surface area contributed by atoms with Gasteiger partial charge in [-0.1, -0.05) is 33.8 Å². The molecule has 0 aromatic heterocycles. The molecule has 14 heavy (non-hydrogen) atoms. The highest BCUT2D eigenvalue weighted by Gasteiger charge is 2.17. The predicted octanol–water partition coefficient (Wildman–Crippen LogP) is 3.98. The maximum absolute atomic E-state index is 4.04. The van der Waals surface area contributed by atoms with Gasteiger partial charge in [-0.05, 0) is 30.9 Å². The topological polar surface area (TPSA) is 3.24 Å². The Labute approximate surface area is 89.5 Å². The third kappa shape index (κ3) is 3.21. The van der Waals surface area contributed by atoms with E-state index in [1.165, 1.54) is 30.5 Å². The Hall–Kier alpha value is -0.720. The molecule has 0 N–H and O–H groups in total. The van der Waals surface area contributed by atoms with Crippen LogP contribution in [0.1, 0.15) is 47.0 Å². The van der Waals surface area contributed by atoms with Crippen LogP contribution in [-0.2, 0) is 0 Å². The number of nitrogens with zero attached hydrogens (tertiary/aromatic N) is 1. The van der Waals surface area contributed by atoms with Crippen LogP contribution in [0.15, 0.2) is 23.4 Å². The minimum Gasteiger partial charge on any atom is -0.371 e. The van der Waals surface area contributed by atoms with Crippen molar-refractivity contribution in [3.63, 3.8) is 0 Å². The number of allylic oxidation sites excluding steroid dienone is 1. The number of rotatable bonds is 3. The summed E-state index contributed by atoms with van der Waals surface area (Å²) in [6, 6.07) is 0. The van der Waals surface area contributed by atoms with E-state index in [9.17, 15) is 0 Å². The lowest BCUT2D eigenvalue weighted by Gasteiger charge is -2.12. The first-order chi connectivity index (χ1) is 6.66. The summed E-state index contributed by atoms with van der Waals surface area (Å²) in [6.45, 7) is 13.6. The van der Waals surface area contributed by atoms with E-state index in [-0.39, 0.29) is 0 Å². The molecule has 0 bridgehead atoms. The lowest BCUT2D eigenvalue weighted by atomic mass is 10.1. The van der Waals surface area contributed by atoms with E-state index in [1.54, 1.807) is 5.57 Å². The maximum atomic E-state index is 4.04. The van der Waals surface area contributed by atoms with E-state index in [0.29, 0.717) is 0 Å². The van der Waals surface area contributed by atoms with Crippen molar-refractivity contribution in [3.8, 4) is 0 Å². The zero-order valence-corrected chi connectivity index (χ0v) is 10.5. The van der Waals surface area contributed by atoms with Gasteiger partial charge < -0.3 is 4.90 Å². The highest BCUT2D eigenvalue weighted by atomic mass is 15.1. The van der Waals surface area contributed by atoms with Gasteiger partial charge in [0.2, 0.25) is 0 Å². The van der Waals surface area contributed by atoms with Crippen LogP contribution in [0.2, 0.25) is 0 Å². The molecule has 0 saturated carbocycles. The van der Waals surface area contributed by atoms with Crippen LogP contribution in [0.5, 0.6) is 0 Å². The number of hydrogen-bond donors (Lipinski definition) is 0. The average molecular weight is 195 g/mol. The van der Waals surface area contributed by atoms with Gasteiger partial charge in [-0.25, -0.2) is 0 Å². The lowest BCUT2D eigenvalue weighted by Crippen LogP contribution is -2.12. The summed E-state index contributed by atoms with van der Waals surface area (Å²) in [5.74, 6) is 0. The van der Waals surface area contributed by atoms with Crippen LogP contribution in [-0.4, -0.2) is 18.5 Å². The lowest BCUT2D eigenvalue weighted by molar-refractivity contribution is 0.485. The van der Waals surface area contributed by atoms with Crippen LogP contribution in [0, 0.1) is 0 Å². The molecule has 1 heterocycles. The van der Waals surface area contributed by atoms with Gasteiger partial charge in [-0.3, -0.25) is 0 Å². The van der Waals surface area contributed by atoms with Gasteiger partial charge in [0.05, 0.1) is 0 Å². The highest BCUT2D eigenvalue weighted by Crippen LogP contribution is 2.27. The average Bonchev–Trinajstić information content (AvgIpc) is 2.46. The van der Waals surface area contributed by atoms with Crippen molar-refractivity contribution >= 4 is 0 Å². The highest BCUT2D eigenvalue weighted by molar-refractivity contribution is 5.37. The zero-order valence-electron chi connectivity index (χ0n) is 10.5. The van der Waals surface area contributed by atoms with Crippen LogP contribution in [0.4, 0.5) is 0 Å². The number of likely N-dealkylation sites (N-methyl/N-ethyl adjacent to an activating group) is 1. The molecular formula is C13H25N. The largest absolute Gasteiger partial charge is 0.371 e. The SMILES string of the molecule is C=C1C(C)=C(CCCC)CN1C.CC. The number of hydrogen-bond acceptors (Lipinski definition) is 1. The fourth-order valence-corrected chi connectivity index (χ4v) is 1.65. The fourth-order valence-electron chi connectivity index (χ4n) is 1.65. The molecule has 0 aromatic carbocycles. The van der Waals surface area contributed by atoms with Crippen LogP contribution < -0.4 is 0 Å². The van der Waals surface area contributed by atoms with E-state index in [0.717, 1.165) is 6.54 Å². The number of unbranched alkanes of at least 4 members (excludes halogenated alkanes) is 1. The summed E-state index contributed by atoms with van der Waals surface area (Å²) in [5.41, 5.74) is 4.22. The third-order valence-corrected chi connectivity index (χ3v) is 2.68. The van der Waals surface area contributed by atoms with E-state index < -0.39 is 0 Å². The first kappa shape index (κ1) is 13.3. The van der Waals surface area contributed by atoms with Crippen LogP contribution in [0.3, 0.4) is 0 Å². The molecule has 0 amide bonds. The fraction of sp³-hybridized carbons (Fsp3) is 0.692. The van der Waals surface area contributed by atoms with Crippen LogP contribution in [0.25, 0.3) is 0 Å². The first-order valence-electron chi connectivity index (χ1n) is 5.75. The molecule has 1 heteroatoms. The molecule has 82 valence electrons. The predicted molar refractivity (Wildman–Crippen MR) is 65.3 cm³/mol. The van der Waals surface area contributed by atoms with Crippen molar-refractivity contribution in [2.24, 2.45) is 0 Å². The normalized spacial score (nSPS) is 15.8. The summed E-state index contributed by atoms with van der Waals surface area (Å²) in [4.78, 5) is 2.24. The van der Waals surface area contributed by atoms with Gasteiger partial charge in [0.25, 0.3) is 0 Å². The monoisotopic (exact) mass is 195 g/mol. The Balaban J connectivity index is 0.000000791. The summed E-state index contributed by atoms with van der Waals surface area (Å²) in [7, 11) is 2.12. The van der Waals surface area contributed by atoms with E-state index in [1.807, 2.05) is 13.8 Å².